The number of phenols is 4. The summed E-state index contributed by atoms with van der Waals surface area (Å²) in [6, 6.07) is 6.61. The zero-order valence-corrected chi connectivity index (χ0v) is 15.5. The van der Waals surface area contributed by atoms with Crippen molar-refractivity contribution in [2.75, 3.05) is 6.61 Å². The molecule has 2 aromatic rings. The van der Waals surface area contributed by atoms with E-state index in [0.29, 0.717) is 11.1 Å². The molecule has 150 valence electrons. The molecule has 4 N–H and O–H groups in total. The number of hydrogen-bond donors (Lipinski definition) is 4. The van der Waals surface area contributed by atoms with Gasteiger partial charge in [-0.3, -0.25) is 0 Å². The first-order valence-corrected chi connectivity index (χ1v) is 8.81. The van der Waals surface area contributed by atoms with Crippen LogP contribution in [0.1, 0.15) is 31.1 Å². The number of aromatic hydroxyl groups is 4. The highest BCUT2D eigenvalue weighted by Crippen LogP contribution is 2.43. The molecule has 8 nitrogen and oxygen atoms in total. The molecule has 3 rings (SSSR count). The normalized spacial score (nSPS) is 18.2. The van der Waals surface area contributed by atoms with E-state index in [9.17, 15) is 25.2 Å². The Labute approximate surface area is 161 Å². The van der Waals surface area contributed by atoms with Crippen LogP contribution in [-0.2, 0) is 15.9 Å². The van der Waals surface area contributed by atoms with E-state index in [-0.39, 0.29) is 47.7 Å². The first-order chi connectivity index (χ1) is 13.2. The quantitative estimate of drug-likeness (QED) is 0.462. The van der Waals surface area contributed by atoms with Crippen molar-refractivity contribution in [3.63, 3.8) is 0 Å². The molecule has 0 saturated carbocycles. The molecule has 0 unspecified atom stereocenters. The highest BCUT2D eigenvalue weighted by molar-refractivity contribution is 5.61. The van der Waals surface area contributed by atoms with Crippen LogP contribution in [0, 0.1) is 5.92 Å². The van der Waals surface area contributed by atoms with Gasteiger partial charge in [-0.25, -0.2) is 4.79 Å². The number of benzene rings is 2. The number of carbonyl (C=O) groups excluding carboxylic acids is 1. The molecule has 0 aliphatic carbocycles. The molecule has 0 fully saturated rings. The van der Waals surface area contributed by atoms with Gasteiger partial charge in [0.05, 0.1) is 6.61 Å². The standard InChI is InChI=1S/C20H22O8/c1-10(2)9-26-20(25)28-18-8-13-15(23)6-12(21)7-17(13)27-19(18)11-3-4-14(22)16(24)5-11/h3-7,10,18-19,21-24H,8-9H2,1-2H3/t18-,19-/m1/s1. The van der Waals surface area contributed by atoms with Crippen LogP contribution in [0.4, 0.5) is 4.79 Å². The number of carbonyl (C=O) groups is 1. The molecule has 0 radical (unpaired) electrons. The third-order valence-corrected chi connectivity index (χ3v) is 4.28. The van der Waals surface area contributed by atoms with E-state index in [4.69, 9.17) is 14.2 Å². The second-order valence-electron chi connectivity index (χ2n) is 7.04. The molecular weight excluding hydrogens is 368 g/mol. The lowest BCUT2D eigenvalue weighted by molar-refractivity contribution is -0.0350. The predicted octanol–water partition coefficient (Wildman–Crippen LogP) is 3.36. The second-order valence-corrected chi connectivity index (χ2v) is 7.04. The average Bonchev–Trinajstić information content (AvgIpc) is 2.62. The van der Waals surface area contributed by atoms with Crippen LogP contribution in [0.5, 0.6) is 28.7 Å². The second kappa shape index (κ2) is 7.75. The summed E-state index contributed by atoms with van der Waals surface area (Å²) in [5.41, 5.74) is 0.809. The van der Waals surface area contributed by atoms with Gasteiger partial charge in [0, 0.05) is 29.7 Å². The third-order valence-electron chi connectivity index (χ3n) is 4.28. The van der Waals surface area contributed by atoms with E-state index in [2.05, 4.69) is 0 Å². The molecule has 1 aliphatic rings. The van der Waals surface area contributed by atoms with E-state index in [1.165, 1.54) is 30.3 Å². The van der Waals surface area contributed by atoms with Gasteiger partial charge in [0.1, 0.15) is 17.2 Å². The Hall–Kier alpha value is -3.29. The van der Waals surface area contributed by atoms with Gasteiger partial charge in [-0.2, -0.15) is 0 Å². The van der Waals surface area contributed by atoms with Crippen molar-refractivity contribution in [3.05, 3.63) is 41.5 Å². The van der Waals surface area contributed by atoms with Gasteiger partial charge in [0.25, 0.3) is 0 Å². The van der Waals surface area contributed by atoms with Crippen molar-refractivity contribution in [3.8, 4) is 28.7 Å². The molecule has 2 aromatic carbocycles. The Morgan fingerprint density at radius 1 is 1.11 bits per heavy atom. The summed E-state index contributed by atoms with van der Waals surface area (Å²) in [5, 5.41) is 39.2. The van der Waals surface area contributed by atoms with Gasteiger partial charge in [0.2, 0.25) is 0 Å². The molecule has 0 spiro atoms. The topological polar surface area (TPSA) is 126 Å². The number of rotatable bonds is 4. The highest BCUT2D eigenvalue weighted by atomic mass is 16.7. The van der Waals surface area contributed by atoms with Gasteiger partial charge in [-0.05, 0) is 18.1 Å². The van der Waals surface area contributed by atoms with Crippen LogP contribution < -0.4 is 4.74 Å². The summed E-state index contributed by atoms with van der Waals surface area (Å²) >= 11 is 0. The summed E-state index contributed by atoms with van der Waals surface area (Å²) in [6.07, 6.45) is -2.50. The Bertz CT molecular complexity index is 877. The Morgan fingerprint density at radius 2 is 1.86 bits per heavy atom. The van der Waals surface area contributed by atoms with E-state index in [1.54, 1.807) is 0 Å². The Balaban J connectivity index is 1.92. The molecule has 1 aliphatic heterocycles. The van der Waals surface area contributed by atoms with Crippen LogP contribution in [0.25, 0.3) is 0 Å². The van der Waals surface area contributed by atoms with Crippen molar-refractivity contribution in [2.45, 2.75) is 32.5 Å². The van der Waals surface area contributed by atoms with Gasteiger partial charge >= 0.3 is 6.16 Å². The summed E-state index contributed by atoms with van der Waals surface area (Å²) in [5.74, 6) is -0.667. The van der Waals surface area contributed by atoms with Crippen molar-refractivity contribution in [2.24, 2.45) is 5.92 Å². The van der Waals surface area contributed by atoms with Gasteiger partial charge < -0.3 is 34.6 Å². The zero-order valence-electron chi connectivity index (χ0n) is 15.5. The first kappa shape index (κ1) is 19.5. The maximum absolute atomic E-state index is 12.1. The number of ether oxygens (including phenoxy) is 3. The average molecular weight is 390 g/mol. The zero-order chi connectivity index (χ0) is 20.4. The minimum absolute atomic E-state index is 0.102. The molecule has 0 amide bonds. The van der Waals surface area contributed by atoms with Gasteiger partial charge in [-0.1, -0.05) is 19.9 Å². The number of phenolic OH excluding ortho intramolecular Hbond substituents is 4. The number of fused-ring (bicyclic) bond motifs is 1. The highest BCUT2D eigenvalue weighted by Gasteiger charge is 2.37. The van der Waals surface area contributed by atoms with E-state index >= 15 is 0 Å². The van der Waals surface area contributed by atoms with Crippen LogP contribution in [0.2, 0.25) is 0 Å². The molecule has 0 saturated heterocycles. The van der Waals surface area contributed by atoms with E-state index in [1.807, 2.05) is 13.8 Å². The minimum Gasteiger partial charge on any atom is -0.508 e. The van der Waals surface area contributed by atoms with E-state index in [0.717, 1.165) is 0 Å². The van der Waals surface area contributed by atoms with Gasteiger partial charge in [0.15, 0.2) is 23.7 Å². The minimum atomic E-state index is -0.878. The smallest absolute Gasteiger partial charge is 0.508 e. The molecule has 1 heterocycles. The van der Waals surface area contributed by atoms with Gasteiger partial charge in [-0.15, -0.1) is 0 Å². The maximum Gasteiger partial charge on any atom is 0.508 e. The van der Waals surface area contributed by atoms with E-state index < -0.39 is 18.4 Å². The first-order valence-electron chi connectivity index (χ1n) is 8.81. The van der Waals surface area contributed by atoms with Crippen LogP contribution >= 0.6 is 0 Å². The van der Waals surface area contributed by atoms with Crippen molar-refractivity contribution in [1.82, 2.24) is 0 Å². The summed E-state index contributed by atoms with van der Waals surface area (Å²) in [7, 11) is 0. The van der Waals surface area contributed by atoms with Crippen molar-refractivity contribution >= 4 is 6.16 Å². The molecule has 28 heavy (non-hydrogen) atoms. The van der Waals surface area contributed by atoms with Crippen LogP contribution in [0.15, 0.2) is 30.3 Å². The van der Waals surface area contributed by atoms with Crippen LogP contribution in [0.3, 0.4) is 0 Å². The fourth-order valence-electron chi connectivity index (χ4n) is 2.94. The molecule has 0 aromatic heterocycles. The fraction of sp³-hybridized carbons (Fsp3) is 0.350. The Kier molecular flexibility index (Phi) is 5.39. The summed E-state index contributed by atoms with van der Waals surface area (Å²) in [6.45, 7) is 3.96. The molecule has 0 bridgehead atoms. The lowest BCUT2D eigenvalue weighted by atomic mass is 9.93. The fourth-order valence-corrected chi connectivity index (χ4v) is 2.94. The molecular formula is C20H22O8. The van der Waals surface area contributed by atoms with Crippen molar-refractivity contribution < 1.29 is 39.4 Å². The molecule has 2 atom stereocenters. The Morgan fingerprint density at radius 3 is 2.54 bits per heavy atom. The van der Waals surface area contributed by atoms with Crippen molar-refractivity contribution in [1.29, 1.82) is 0 Å². The monoisotopic (exact) mass is 390 g/mol. The third kappa shape index (κ3) is 4.16. The lowest BCUT2D eigenvalue weighted by Crippen LogP contribution is -2.35. The largest absolute Gasteiger partial charge is 0.508 e. The lowest BCUT2D eigenvalue weighted by Gasteiger charge is -2.33. The molecule has 8 heteroatoms. The summed E-state index contributed by atoms with van der Waals surface area (Å²) < 4.78 is 16.3. The van der Waals surface area contributed by atoms with Crippen LogP contribution in [-0.4, -0.2) is 39.3 Å². The summed E-state index contributed by atoms with van der Waals surface area (Å²) in [4.78, 5) is 12.1. The maximum atomic E-state index is 12.1. The number of hydrogen-bond acceptors (Lipinski definition) is 8. The SMILES string of the molecule is CC(C)COC(=O)O[C@@H]1Cc2c(O)cc(O)cc2O[C@@H]1c1ccc(O)c(O)c1. The predicted molar refractivity (Wildman–Crippen MR) is 97.7 cm³/mol.